The lowest BCUT2D eigenvalue weighted by Gasteiger charge is -2.09. The fraction of sp³-hybridized carbons (Fsp3) is 0.222. The largest absolute Gasteiger partial charge is 0.494 e. The van der Waals surface area contributed by atoms with Gasteiger partial charge in [0.25, 0.3) is 11.5 Å². The van der Waals surface area contributed by atoms with E-state index in [1.54, 1.807) is 23.0 Å². The van der Waals surface area contributed by atoms with Gasteiger partial charge in [0.2, 0.25) is 0 Å². The third-order valence-corrected chi connectivity index (χ3v) is 5.73. The molecule has 0 atom stereocenters. The lowest BCUT2D eigenvalue weighted by atomic mass is 10.1. The third-order valence-electron chi connectivity index (χ3n) is 5.73. The van der Waals surface area contributed by atoms with Crippen molar-refractivity contribution in [3.63, 3.8) is 0 Å². The number of hydrogen-bond acceptors (Lipinski definition) is 5. The van der Waals surface area contributed by atoms with E-state index in [-0.39, 0.29) is 31.0 Å². The van der Waals surface area contributed by atoms with Gasteiger partial charge in [0.05, 0.1) is 32.4 Å². The number of ether oxygens (including phenoxy) is 2. The number of aromatic nitrogens is 3. The molecule has 1 amide bonds. The maximum atomic E-state index is 14.4. The summed E-state index contributed by atoms with van der Waals surface area (Å²) in [6.45, 7) is 0.740. The van der Waals surface area contributed by atoms with Crippen LogP contribution < -0.4 is 15.6 Å². The van der Waals surface area contributed by atoms with Crippen LogP contribution in [-0.2, 0) is 31.0 Å². The van der Waals surface area contributed by atoms with E-state index in [1.165, 1.54) is 37.1 Å². The molecule has 0 aliphatic heterocycles. The molecule has 0 saturated heterocycles. The van der Waals surface area contributed by atoms with Crippen LogP contribution in [0.5, 0.6) is 5.75 Å². The Bertz CT molecular complexity index is 1450. The smallest absolute Gasteiger partial charge is 0.255 e. The van der Waals surface area contributed by atoms with Crippen molar-refractivity contribution in [3.05, 3.63) is 117 Å². The molecule has 192 valence electrons. The lowest BCUT2D eigenvalue weighted by Crippen LogP contribution is -2.24. The number of carbonyl (C=O) groups is 1. The summed E-state index contributed by atoms with van der Waals surface area (Å²) >= 11 is 0. The number of rotatable bonds is 10. The van der Waals surface area contributed by atoms with Crippen molar-refractivity contribution >= 4 is 5.91 Å². The van der Waals surface area contributed by atoms with Gasteiger partial charge in [-0.1, -0.05) is 36.4 Å². The van der Waals surface area contributed by atoms with Gasteiger partial charge in [-0.15, -0.1) is 0 Å². The Morgan fingerprint density at radius 3 is 2.41 bits per heavy atom. The summed E-state index contributed by atoms with van der Waals surface area (Å²) in [5.74, 6) is -1.30. The minimum absolute atomic E-state index is 0.0185. The fourth-order valence-corrected chi connectivity index (χ4v) is 3.86. The van der Waals surface area contributed by atoms with E-state index >= 15 is 0 Å². The first-order valence-electron chi connectivity index (χ1n) is 11.5. The van der Waals surface area contributed by atoms with Crippen LogP contribution in [0, 0.1) is 11.6 Å². The van der Waals surface area contributed by atoms with Gasteiger partial charge in [0, 0.05) is 37.7 Å². The minimum Gasteiger partial charge on any atom is -0.494 e. The highest BCUT2D eigenvalue weighted by Crippen LogP contribution is 2.20. The molecular weight excluding hydrogens is 482 g/mol. The number of benzene rings is 2. The van der Waals surface area contributed by atoms with E-state index in [0.717, 1.165) is 17.2 Å². The zero-order valence-electron chi connectivity index (χ0n) is 20.4. The van der Waals surface area contributed by atoms with Crippen molar-refractivity contribution in [2.75, 3.05) is 14.2 Å². The predicted molar refractivity (Wildman–Crippen MR) is 132 cm³/mol. The number of nitrogens with zero attached hydrogens (tertiary/aromatic N) is 3. The second kappa shape index (κ2) is 11.6. The molecule has 0 aliphatic rings. The Kier molecular flexibility index (Phi) is 8.09. The zero-order valence-corrected chi connectivity index (χ0v) is 20.4. The van der Waals surface area contributed by atoms with Gasteiger partial charge in [-0.25, -0.2) is 8.78 Å². The molecular formula is C27H26F2N4O4. The molecule has 0 saturated carbocycles. The predicted octanol–water partition coefficient (Wildman–Crippen LogP) is 3.50. The van der Waals surface area contributed by atoms with E-state index in [4.69, 9.17) is 9.47 Å². The van der Waals surface area contributed by atoms with Crippen molar-refractivity contribution in [2.45, 2.75) is 26.2 Å². The number of halogens is 2. The van der Waals surface area contributed by atoms with Gasteiger partial charge in [0.1, 0.15) is 11.5 Å². The molecule has 0 bridgehead atoms. The molecule has 0 spiro atoms. The summed E-state index contributed by atoms with van der Waals surface area (Å²) in [4.78, 5) is 24.8. The highest BCUT2D eigenvalue weighted by molar-refractivity contribution is 5.95. The van der Waals surface area contributed by atoms with E-state index in [1.807, 2.05) is 24.3 Å². The van der Waals surface area contributed by atoms with E-state index in [2.05, 4.69) is 10.4 Å². The maximum Gasteiger partial charge on any atom is 0.255 e. The second-order valence-corrected chi connectivity index (χ2v) is 8.37. The molecule has 4 rings (SSSR count). The Balaban J connectivity index is 1.45. The number of amides is 1. The van der Waals surface area contributed by atoms with Crippen molar-refractivity contribution < 1.29 is 23.0 Å². The monoisotopic (exact) mass is 508 g/mol. The molecule has 10 heteroatoms. The lowest BCUT2D eigenvalue weighted by molar-refractivity contribution is 0.0945. The van der Waals surface area contributed by atoms with Crippen LogP contribution in [-0.4, -0.2) is 34.5 Å². The molecule has 2 aromatic heterocycles. The SMILES string of the molecule is COCc1nn(Cc2ccc(Cn3cc(F)ccc3=O)cc2)cc1C(=O)NCc1cccc(OC)c1F. The molecule has 4 aromatic rings. The average molecular weight is 509 g/mol. The summed E-state index contributed by atoms with van der Waals surface area (Å²) in [6.07, 6.45) is 2.79. The Hall–Kier alpha value is -4.31. The van der Waals surface area contributed by atoms with Crippen LogP contribution >= 0.6 is 0 Å². The molecule has 0 fully saturated rings. The first-order valence-corrected chi connectivity index (χ1v) is 11.5. The first-order chi connectivity index (χ1) is 17.9. The number of hydrogen-bond donors (Lipinski definition) is 1. The van der Waals surface area contributed by atoms with Crippen LogP contribution in [0.3, 0.4) is 0 Å². The molecule has 0 unspecified atom stereocenters. The Labute approximate surface area is 212 Å². The number of pyridine rings is 1. The van der Waals surface area contributed by atoms with Gasteiger partial charge in [-0.3, -0.25) is 14.3 Å². The highest BCUT2D eigenvalue weighted by atomic mass is 19.1. The van der Waals surface area contributed by atoms with Crippen LogP contribution in [0.25, 0.3) is 0 Å². The van der Waals surface area contributed by atoms with Crippen molar-refractivity contribution in [1.29, 1.82) is 0 Å². The second-order valence-electron chi connectivity index (χ2n) is 8.37. The summed E-state index contributed by atoms with van der Waals surface area (Å²) < 4.78 is 41.0. The summed E-state index contributed by atoms with van der Waals surface area (Å²) in [5.41, 5.74) is 2.54. The third kappa shape index (κ3) is 6.28. The number of carbonyl (C=O) groups excluding carboxylic acids is 1. The standard InChI is InChI=1S/C27H26F2N4O4/c1-36-17-23-22(27(35)30-12-20-4-3-5-24(37-2)26(20)29)16-33(31-23)14-19-8-6-18(7-9-19)13-32-15-21(28)10-11-25(32)34/h3-11,15-16H,12-14,17H2,1-2H3,(H,30,35). The minimum atomic E-state index is -0.524. The van der Waals surface area contributed by atoms with Crippen LogP contribution in [0.4, 0.5) is 8.78 Å². The van der Waals surface area contributed by atoms with Gasteiger partial charge < -0.3 is 19.4 Å². The summed E-state index contributed by atoms with van der Waals surface area (Å²) in [7, 11) is 2.89. The van der Waals surface area contributed by atoms with Crippen molar-refractivity contribution in [3.8, 4) is 5.75 Å². The number of nitrogens with one attached hydrogen (secondary N) is 1. The highest BCUT2D eigenvalue weighted by Gasteiger charge is 2.18. The Morgan fingerprint density at radius 1 is 0.973 bits per heavy atom. The van der Waals surface area contributed by atoms with Gasteiger partial charge in [-0.05, 0) is 23.3 Å². The first kappa shape index (κ1) is 25.8. The molecule has 8 nitrogen and oxygen atoms in total. The van der Waals surface area contributed by atoms with Crippen LogP contribution in [0.15, 0.2) is 71.8 Å². The molecule has 2 heterocycles. The molecule has 0 aliphatic carbocycles. The van der Waals surface area contributed by atoms with E-state index in [0.29, 0.717) is 23.4 Å². The maximum absolute atomic E-state index is 14.4. The number of methoxy groups -OCH3 is 2. The molecule has 2 aromatic carbocycles. The zero-order chi connectivity index (χ0) is 26.4. The fourth-order valence-electron chi connectivity index (χ4n) is 3.86. The molecule has 1 N–H and O–H groups in total. The van der Waals surface area contributed by atoms with Crippen molar-refractivity contribution in [1.82, 2.24) is 19.7 Å². The normalized spacial score (nSPS) is 10.9. The molecule has 0 radical (unpaired) electrons. The van der Waals surface area contributed by atoms with E-state index in [9.17, 15) is 18.4 Å². The van der Waals surface area contributed by atoms with Crippen molar-refractivity contribution in [2.24, 2.45) is 0 Å². The summed E-state index contributed by atoms with van der Waals surface area (Å²) in [5, 5.41) is 7.20. The molecule has 37 heavy (non-hydrogen) atoms. The Morgan fingerprint density at radius 2 is 1.70 bits per heavy atom. The van der Waals surface area contributed by atoms with Crippen LogP contribution in [0.2, 0.25) is 0 Å². The van der Waals surface area contributed by atoms with Gasteiger partial charge >= 0.3 is 0 Å². The van der Waals surface area contributed by atoms with Gasteiger partial charge in [-0.2, -0.15) is 5.10 Å². The topological polar surface area (TPSA) is 87.4 Å². The summed E-state index contributed by atoms with van der Waals surface area (Å²) in [6, 6.07) is 14.5. The van der Waals surface area contributed by atoms with E-state index < -0.39 is 17.5 Å². The van der Waals surface area contributed by atoms with Crippen LogP contribution in [0.1, 0.15) is 32.7 Å². The van der Waals surface area contributed by atoms with Gasteiger partial charge in [0.15, 0.2) is 11.6 Å². The average Bonchev–Trinajstić information content (AvgIpc) is 3.29. The quantitative estimate of drug-likeness (QED) is 0.354.